The number of hydrogen-bond donors (Lipinski definition) is 1. The molecule has 0 radical (unpaired) electrons. The predicted octanol–water partition coefficient (Wildman–Crippen LogP) is 1.52. The van der Waals surface area contributed by atoms with Crippen LogP contribution in [0.15, 0.2) is 0 Å². The van der Waals surface area contributed by atoms with Crippen molar-refractivity contribution < 1.29 is 4.79 Å². The van der Waals surface area contributed by atoms with E-state index >= 15 is 0 Å². The Bertz CT molecular complexity index is 186. The first-order chi connectivity index (χ1) is 6.26. The lowest BCUT2D eigenvalue weighted by Crippen LogP contribution is -2.29. The van der Waals surface area contributed by atoms with Crippen molar-refractivity contribution in [2.75, 3.05) is 18.1 Å². The summed E-state index contributed by atoms with van der Waals surface area (Å²) >= 11 is 1.81. The highest BCUT2D eigenvalue weighted by Gasteiger charge is 2.13. The molecule has 1 amide bonds. The van der Waals surface area contributed by atoms with Crippen LogP contribution in [0, 0.1) is 18.3 Å². The first-order valence-electron chi connectivity index (χ1n) is 4.57. The Morgan fingerprint density at radius 2 is 2.31 bits per heavy atom. The lowest BCUT2D eigenvalue weighted by atomic mass is 10.1. The zero-order valence-electron chi connectivity index (χ0n) is 8.30. The van der Waals surface area contributed by atoms with Gasteiger partial charge in [-0.25, -0.2) is 0 Å². The van der Waals surface area contributed by atoms with Gasteiger partial charge < -0.3 is 5.32 Å². The molecule has 0 aromatic carbocycles. The van der Waals surface area contributed by atoms with Gasteiger partial charge in [-0.1, -0.05) is 12.8 Å². The van der Waals surface area contributed by atoms with Crippen molar-refractivity contribution in [1.82, 2.24) is 5.32 Å². The van der Waals surface area contributed by atoms with Gasteiger partial charge in [-0.2, -0.15) is 11.8 Å². The van der Waals surface area contributed by atoms with E-state index in [4.69, 9.17) is 6.42 Å². The van der Waals surface area contributed by atoms with Crippen LogP contribution in [0.2, 0.25) is 0 Å². The number of rotatable bonds is 6. The molecular weight excluding hydrogens is 182 g/mol. The molecule has 0 aliphatic carbocycles. The zero-order chi connectivity index (χ0) is 10.1. The molecule has 1 unspecified atom stereocenters. The van der Waals surface area contributed by atoms with E-state index in [0.717, 1.165) is 17.9 Å². The van der Waals surface area contributed by atoms with Crippen LogP contribution in [-0.2, 0) is 4.79 Å². The van der Waals surface area contributed by atoms with E-state index in [1.807, 2.05) is 18.7 Å². The highest BCUT2D eigenvalue weighted by molar-refractivity contribution is 7.99. The molecule has 13 heavy (non-hydrogen) atoms. The van der Waals surface area contributed by atoms with E-state index in [0.29, 0.717) is 6.54 Å². The number of hydrogen-bond acceptors (Lipinski definition) is 2. The average Bonchev–Trinajstić information content (AvgIpc) is 2.13. The lowest BCUT2D eigenvalue weighted by Gasteiger charge is -2.09. The highest BCUT2D eigenvalue weighted by Crippen LogP contribution is 2.08. The van der Waals surface area contributed by atoms with Crippen LogP contribution in [0.4, 0.5) is 0 Å². The summed E-state index contributed by atoms with van der Waals surface area (Å²) < 4.78 is 0. The highest BCUT2D eigenvalue weighted by atomic mass is 32.2. The third kappa shape index (κ3) is 5.59. The summed E-state index contributed by atoms with van der Waals surface area (Å²) in [5.74, 6) is 4.29. The summed E-state index contributed by atoms with van der Waals surface area (Å²) in [6, 6.07) is 0. The number of nitrogens with one attached hydrogen (secondary N) is 1. The van der Waals surface area contributed by atoms with Gasteiger partial charge in [0.1, 0.15) is 0 Å². The fraction of sp³-hybridized carbons (Fsp3) is 0.700. The van der Waals surface area contributed by atoms with Gasteiger partial charge in [-0.05, 0) is 24.9 Å². The Kier molecular flexibility index (Phi) is 7.62. The van der Waals surface area contributed by atoms with Gasteiger partial charge >= 0.3 is 0 Å². The van der Waals surface area contributed by atoms with Crippen molar-refractivity contribution in [3.8, 4) is 12.3 Å². The summed E-state index contributed by atoms with van der Waals surface area (Å²) in [7, 11) is 0. The maximum Gasteiger partial charge on any atom is 0.235 e. The van der Waals surface area contributed by atoms with Crippen molar-refractivity contribution in [1.29, 1.82) is 0 Å². The van der Waals surface area contributed by atoms with Crippen LogP contribution in [-0.4, -0.2) is 24.0 Å². The number of thioether (sulfide) groups is 1. The monoisotopic (exact) mass is 199 g/mol. The topological polar surface area (TPSA) is 29.1 Å². The third-order valence-electron chi connectivity index (χ3n) is 1.62. The van der Waals surface area contributed by atoms with E-state index in [-0.39, 0.29) is 11.8 Å². The van der Waals surface area contributed by atoms with Crippen molar-refractivity contribution in [3.05, 3.63) is 0 Å². The van der Waals surface area contributed by atoms with Crippen molar-refractivity contribution in [2.45, 2.75) is 20.3 Å². The van der Waals surface area contributed by atoms with Crippen LogP contribution in [0.3, 0.4) is 0 Å². The summed E-state index contributed by atoms with van der Waals surface area (Å²) in [6.07, 6.45) is 6.04. The Labute approximate surface area is 84.9 Å². The molecular formula is C10H17NOS. The largest absolute Gasteiger partial charge is 0.355 e. The van der Waals surface area contributed by atoms with E-state index in [2.05, 4.69) is 18.2 Å². The van der Waals surface area contributed by atoms with Crippen molar-refractivity contribution >= 4 is 17.7 Å². The van der Waals surface area contributed by atoms with Gasteiger partial charge in [0.2, 0.25) is 5.91 Å². The molecule has 1 atom stereocenters. The second kappa shape index (κ2) is 8.00. The fourth-order valence-corrected chi connectivity index (χ4v) is 1.62. The Hall–Kier alpha value is -0.620. The minimum absolute atomic E-state index is 0.0123. The second-order valence-electron chi connectivity index (χ2n) is 2.60. The minimum atomic E-state index is -0.251. The molecule has 2 nitrogen and oxygen atoms in total. The summed E-state index contributed by atoms with van der Waals surface area (Å²) in [5.41, 5.74) is 0. The van der Waals surface area contributed by atoms with Gasteiger partial charge in [-0.3, -0.25) is 4.79 Å². The van der Waals surface area contributed by atoms with E-state index in [9.17, 15) is 4.79 Å². The maximum absolute atomic E-state index is 11.3. The van der Waals surface area contributed by atoms with E-state index in [1.165, 1.54) is 0 Å². The molecule has 0 bridgehead atoms. The Balaban J connectivity index is 3.76. The van der Waals surface area contributed by atoms with E-state index in [1.54, 1.807) is 0 Å². The number of amides is 1. The third-order valence-corrected chi connectivity index (χ3v) is 2.56. The number of terminal acetylenes is 1. The number of carbonyl (C=O) groups excluding carboxylic acids is 1. The zero-order valence-corrected chi connectivity index (χ0v) is 9.12. The molecule has 0 aromatic heterocycles. The van der Waals surface area contributed by atoms with Crippen LogP contribution in [0.1, 0.15) is 20.3 Å². The molecule has 0 heterocycles. The second-order valence-corrected chi connectivity index (χ2v) is 3.99. The van der Waals surface area contributed by atoms with Crippen LogP contribution in [0.5, 0.6) is 0 Å². The molecule has 0 rings (SSSR count). The molecule has 1 N–H and O–H groups in total. The molecule has 0 saturated carbocycles. The van der Waals surface area contributed by atoms with E-state index < -0.39 is 0 Å². The first kappa shape index (κ1) is 12.4. The molecule has 0 spiro atoms. The summed E-state index contributed by atoms with van der Waals surface area (Å²) in [5, 5.41) is 2.73. The average molecular weight is 199 g/mol. The Morgan fingerprint density at radius 1 is 1.62 bits per heavy atom. The van der Waals surface area contributed by atoms with Gasteiger partial charge in [0.25, 0.3) is 0 Å². The van der Waals surface area contributed by atoms with Crippen LogP contribution >= 0.6 is 11.8 Å². The fourth-order valence-electron chi connectivity index (χ4n) is 0.933. The standard InChI is InChI=1S/C10H17NOS/c1-4-9(7-8-13-6-3)10(12)11-5-2/h1,9H,5-8H2,2-3H3,(H,11,12). The normalized spacial score (nSPS) is 11.8. The maximum atomic E-state index is 11.3. The van der Waals surface area contributed by atoms with Gasteiger partial charge in [0.15, 0.2) is 0 Å². The summed E-state index contributed by atoms with van der Waals surface area (Å²) in [6.45, 7) is 4.64. The molecule has 74 valence electrons. The van der Waals surface area contributed by atoms with Gasteiger partial charge in [0.05, 0.1) is 5.92 Å². The smallest absolute Gasteiger partial charge is 0.235 e. The number of carbonyl (C=O) groups is 1. The minimum Gasteiger partial charge on any atom is -0.355 e. The van der Waals surface area contributed by atoms with Crippen LogP contribution < -0.4 is 5.32 Å². The molecule has 3 heteroatoms. The predicted molar refractivity (Wildman–Crippen MR) is 58.6 cm³/mol. The van der Waals surface area contributed by atoms with Crippen LogP contribution in [0.25, 0.3) is 0 Å². The van der Waals surface area contributed by atoms with Gasteiger partial charge in [-0.15, -0.1) is 6.42 Å². The SMILES string of the molecule is C#CC(CCSCC)C(=O)NCC. The van der Waals surface area contributed by atoms with Crippen molar-refractivity contribution in [2.24, 2.45) is 5.92 Å². The molecule has 0 saturated heterocycles. The first-order valence-corrected chi connectivity index (χ1v) is 5.73. The lowest BCUT2D eigenvalue weighted by molar-refractivity contribution is -0.123. The van der Waals surface area contributed by atoms with Crippen molar-refractivity contribution in [3.63, 3.8) is 0 Å². The molecule has 0 aromatic rings. The summed E-state index contributed by atoms with van der Waals surface area (Å²) in [4.78, 5) is 11.3. The van der Waals surface area contributed by atoms with Gasteiger partial charge in [0, 0.05) is 6.54 Å². The quantitative estimate of drug-likeness (QED) is 0.519. The molecule has 0 aliphatic heterocycles. The molecule has 0 fully saturated rings. The Morgan fingerprint density at radius 3 is 2.77 bits per heavy atom. The molecule has 0 aliphatic rings.